The molecule has 1 amide bonds. The Balaban J connectivity index is 1.19. The number of pyridine rings is 2. The number of amides is 1. The Morgan fingerprint density at radius 2 is 2.00 bits per heavy atom. The van der Waals surface area contributed by atoms with E-state index in [0.29, 0.717) is 48.3 Å². The molecule has 4 heterocycles. The smallest absolute Gasteiger partial charge is 0.414 e. The number of hydrogen-bond acceptors (Lipinski definition) is 10. The van der Waals surface area contributed by atoms with E-state index in [2.05, 4.69) is 15.3 Å². The summed E-state index contributed by atoms with van der Waals surface area (Å²) in [6, 6.07) is 10.5. The fraction of sp³-hybridized carbons (Fsp3) is 0.375. The average Bonchev–Trinajstić information content (AvgIpc) is 3.29. The molecule has 35 heavy (non-hydrogen) atoms. The molecule has 2 aromatic heterocycles. The summed E-state index contributed by atoms with van der Waals surface area (Å²) < 4.78 is 21.6. The van der Waals surface area contributed by atoms with Crippen molar-refractivity contribution in [2.24, 2.45) is 0 Å². The minimum atomic E-state index is -1.28. The van der Waals surface area contributed by atoms with Crippen LogP contribution in [0.15, 0.2) is 42.6 Å². The molecule has 3 atom stereocenters. The van der Waals surface area contributed by atoms with Gasteiger partial charge in [0, 0.05) is 31.4 Å². The summed E-state index contributed by atoms with van der Waals surface area (Å²) in [6.45, 7) is 1.46. The topological polar surface area (TPSA) is 136 Å². The lowest BCUT2D eigenvalue weighted by atomic mass is 10.1. The molecule has 0 spiro atoms. The van der Waals surface area contributed by atoms with E-state index in [9.17, 15) is 15.0 Å². The van der Waals surface area contributed by atoms with Gasteiger partial charge >= 0.3 is 6.09 Å². The molecule has 0 bridgehead atoms. The molecular weight excluding hydrogens is 456 g/mol. The van der Waals surface area contributed by atoms with Crippen LogP contribution in [-0.4, -0.2) is 78.0 Å². The van der Waals surface area contributed by atoms with Gasteiger partial charge in [0.15, 0.2) is 17.6 Å². The summed E-state index contributed by atoms with van der Waals surface area (Å²) in [7, 11) is 1.55. The fourth-order valence-corrected chi connectivity index (χ4v) is 4.11. The standard InChI is InChI=1S/C24H26N4O7/c1-32-21-5-3-16-22(27-21)14(6-7-26-16)11-25-12-17(29)23(30)20-13-28(24(31)35-20)15-2-4-18-19(10-15)34-9-8-33-18/h2-7,10,17,20,23,25,29-30H,8-9,11-13H2,1H3/t17-,20-,23?/m1/s1. The summed E-state index contributed by atoms with van der Waals surface area (Å²) in [4.78, 5) is 22.6. The summed E-state index contributed by atoms with van der Waals surface area (Å²) in [5.41, 5.74) is 2.85. The number of aromatic nitrogens is 2. The predicted molar refractivity (Wildman–Crippen MR) is 125 cm³/mol. The highest BCUT2D eigenvalue weighted by Crippen LogP contribution is 2.35. The molecule has 184 valence electrons. The first-order valence-electron chi connectivity index (χ1n) is 11.3. The minimum Gasteiger partial charge on any atom is -0.486 e. The second-order valence-corrected chi connectivity index (χ2v) is 8.24. The highest BCUT2D eigenvalue weighted by Gasteiger charge is 2.39. The maximum Gasteiger partial charge on any atom is 0.414 e. The van der Waals surface area contributed by atoms with E-state index in [4.69, 9.17) is 18.9 Å². The lowest BCUT2D eigenvalue weighted by Gasteiger charge is -2.23. The van der Waals surface area contributed by atoms with Gasteiger partial charge in [0.05, 0.1) is 36.5 Å². The second kappa shape index (κ2) is 9.90. The third-order valence-corrected chi connectivity index (χ3v) is 5.97. The maximum absolute atomic E-state index is 12.5. The Labute approximate surface area is 201 Å². The van der Waals surface area contributed by atoms with E-state index in [1.807, 2.05) is 12.1 Å². The summed E-state index contributed by atoms with van der Waals surface area (Å²) in [5, 5.41) is 24.3. The van der Waals surface area contributed by atoms with Gasteiger partial charge in [-0.1, -0.05) is 0 Å². The summed E-state index contributed by atoms with van der Waals surface area (Å²) >= 11 is 0. The van der Waals surface area contributed by atoms with Gasteiger partial charge in [-0.15, -0.1) is 0 Å². The number of benzene rings is 1. The van der Waals surface area contributed by atoms with Gasteiger partial charge in [-0.2, -0.15) is 0 Å². The van der Waals surface area contributed by atoms with Gasteiger partial charge in [0.1, 0.15) is 19.3 Å². The normalized spacial score (nSPS) is 18.9. The number of rotatable bonds is 8. The molecule has 1 aromatic carbocycles. The molecule has 5 rings (SSSR count). The Morgan fingerprint density at radius 1 is 1.17 bits per heavy atom. The first-order valence-corrected chi connectivity index (χ1v) is 11.3. The fourth-order valence-electron chi connectivity index (χ4n) is 4.11. The van der Waals surface area contributed by atoms with E-state index >= 15 is 0 Å². The molecule has 2 aliphatic rings. The van der Waals surface area contributed by atoms with Crippen LogP contribution in [0.1, 0.15) is 5.56 Å². The first-order chi connectivity index (χ1) is 17.0. The van der Waals surface area contributed by atoms with Crippen molar-refractivity contribution < 1.29 is 34.0 Å². The van der Waals surface area contributed by atoms with Crippen molar-refractivity contribution in [3.63, 3.8) is 0 Å². The van der Waals surface area contributed by atoms with Crippen molar-refractivity contribution in [1.29, 1.82) is 0 Å². The molecule has 11 heteroatoms. The third-order valence-electron chi connectivity index (χ3n) is 5.97. The van der Waals surface area contributed by atoms with Crippen LogP contribution in [0.4, 0.5) is 10.5 Å². The van der Waals surface area contributed by atoms with Crippen LogP contribution < -0.4 is 24.4 Å². The van der Waals surface area contributed by atoms with Gasteiger partial charge in [-0.3, -0.25) is 9.88 Å². The monoisotopic (exact) mass is 482 g/mol. The van der Waals surface area contributed by atoms with Crippen LogP contribution in [0, 0.1) is 0 Å². The molecule has 0 aliphatic carbocycles. The number of anilines is 1. The SMILES string of the molecule is COc1ccc2nccc(CNC[C@@H](O)C(O)[C@H]3CN(c4ccc5c(c4)OCCO5)C(=O)O3)c2n1. The number of fused-ring (bicyclic) bond motifs is 2. The Morgan fingerprint density at radius 3 is 2.83 bits per heavy atom. The van der Waals surface area contributed by atoms with E-state index in [-0.39, 0.29) is 13.1 Å². The molecular formula is C24H26N4O7. The minimum absolute atomic E-state index is 0.0764. The third kappa shape index (κ3) is 4.78. The zero-order valence-corrected chi connectivity index (χ0v) is 19.1. The number of nitrogens with zero attached hydrogens (tertiary/aromatic N) is 3. The lowest BCUT2D eigenvalue weighted by Crippen LogP contribution is -2.44. The van der Waals surface area contributed by atoms with Gasteiger partial charge in [0.2, 0.25) is 5.88 Å². The van der Waals surface area contributed by atoms with Gasteiger partial charge in [-0.25, -0.2) is 9.78 Å². The van der Waals surface area contributed by atoms with Gasteiger partial charge in [-0.05, 0) is 29.8 Å². The van der Waals surface area contributed by atoms with Crippen molar-refractivity contribution in [2.45, 2.75) is 24.9 Å². The highest BCUT2D eigenvalue weighted by atomic mass is 16.6. The number of ether oxygens (including phenoxy) is 4. The van der Waals surface area contributed by atoms with E-state index in [0.717, 1.165) is 11.1 Å². The summed E-state index contributed by atoms with van der Waals surface area (Å²) in [6.07, 6.45) is -2.25. The summed E-state index contributed by atoms with van der Waals surface area (Å²) in [5.74, 6) is 1.64. The van der Waals surface area contributed by atoms with E-state index in [1.165, 1.54) is 4.90 Å². The van der Waals surface area contributed by atoms with Crippen LogP contribution in [0.2, 0.25) is 0 Å². The molecule has 1 saturated heterocycles. The van der Waals surface area contributed by atoms with Crippen LogP contribution in [-0.2, 0) is 11.3 Å². The average molecular weight is 482 g/mol. The molecule has 3 aromatic rings. The molecule has 0 radical (unpaired) electrons. The molecule has 1 fully saturated rings. The van der Waals surface area contributed by atoms with Gasteiger partial charge < -0.3 is 34.5 Å². The second-order valence-electron chi connectivity index (χ2n) is 8.24. The van der Waals surface area contributed by atoms with Crippen molar-refractivity contribution >= 4 is 22.8 Å². The molecule has 11 nitrogen and oxygen atoms in total. The molecule has 3 N–H and O–H groups in total. The first kappa shape index (κ1) is 23.1. The number of hydrogen-bond donors (Lipinski definition) is 3. The van der Waals surface area contributed by atoms with E-state index < -0.39 is 24.4 Å². The quantitative estimate of drug-likeness (QED) is 0.430. The van der Waals surface area contributed by atoms with Crippen LogP contribution in [0.3, 0.4) is 0 Å². The Hall–Kier alpha value is -3.67. The lowest BCUT2D eigenvalue weighted by molar-refractivity contribution is -0.0460. The number of methoxy groups -OCH3 is 1. The molecule has 1 unspecified atom stereocenters. The number of carbonyl (C=O) groups excluding carboxylic acids is 1. The number of aliphatic hydroxyl groups is 2. The van der Waals surface area contributed by atoms with Crippen LogP contribution in [0.25, 0.3) is 11.0 Å². The largest absolute Gasteiger partial charge is 0.486 e. The van der Waals surface area contributed by atoms with Crippen molar-refractivity contribution in [3.05, 3.63) is 48.2 Å². The Bertz CT molecular complexity index is 1220. The number of nitrogens with one attached hydrogen (secondary N) is 1. The van der Waals surface area contributed by atoms with Crippen LogP contribution in [0.5, 0.6) is 17.4 Å². The molecule has 2 aliphatic heterocycles. The van der Waals surface area contributed by atoms with Gasteiger partial charge in [0.25, 0.3) is 0 Å². The van der Waals surface area contributed by atoms with Crippen molar-refractivity contribution in [2.75, 3.05) is 38.3 Å². The molecule has 0 saturated carbocycles. The highest BCUT2D eigenvalue weighted by molar-refractivity contribution is 5.90. The van der Waals surface area contributed by atoms with Crippen molar-refractivity contribution in [1.82, 2.24) is 15.3 Å². The zero-order chi connectivity index (χ0) is 24.4. The van der Waals surface area contributed by atoms with Crippen LogP contribution >= 0.6 is 0 Å². The predicted octanol–water partition coefficient (Wildman–Crippen LogP) is 1.25. The number of aliphatic hydroxyl groups excluding tert-OH is 2. The Kier molecular flexibility index (Phi) is 6.53. The zero-order valence-electron chi connectivity index (χ0n) is 19.1. The van der Waals surface area contributed by atoms with E-state index in [1.54, 1.807) is 37.6 Å². The number of carbonyl (C=O) groups is 1. The number of cyclic esters (lactones) is 1. The maximum atomic E-state index is 12.5. The van der Waals surface area contributed by atoms with Crippen molar-refractivity contribution in [3.8, 4) is 17.4 Å².